The number of hydrogen-bond donors (Lipinski definition) is 0. The van der Waals surface area contributed by atoms with Crippen LogP contribution in [0.3, 0.4) is 0 Å². The van der Waals surface area contributed by atoms with Gasteiger partial charge in [-0.05, 0) is 105 Å². The highest BCUT2D eigenvalue weighted by Crippen LogP contribution is 2.48. The number of anilines is 3. The molecule has 0 spiro atoms. The Kier molecular flexibility index (Phi) is 7.54. The van der Waals surface area contributed by atoms with E-state index in [0.717, 1.165) is 61.4 Å². The predicted octanol–water partition coefficient (Wildman–Crippen LogP) is 15.8. The molecule has 2 heterocycles. The van der Waals surface area contributed by atoms with Gasteiger partial charge in [0.15, 0.2) is 0 Å². The van der Waals surface area contributed by atoms with Crippen LogP contribution in [0, 0.1) is 0 Å². The van der Waals surface area contributed by atoms with Crippen molar-refractivity contribution < 1.29 is 4.42 Å². The summed E-state index contributed by atoms with van der Waals surface area (Å²) in [6.07, 6.45) is 0. The van der Waals surface area contributed by atoms with Crippen LogP contribution in [0.4, 0.5) is 17.1 Å². The van der Waals surface area contributed by atoms with Gasteiger partial charge in [0.1, 0.15) is 11.2 Å². The second-order valence-electron chi connectivity index (χ2n) is 15.3. The van der Waals surface area contributed by atoms with Gasteiger partial charge in [0.2, 0.25) is 0 Å². The van der Waals surface area contributed by atoms with Crippen molar-refractivity contribution in [3.05, 3.63) is 218 Å². The van der Waals surface area contributed by atoms with Gasteiger partial charge < -0.3 is 13.9 Å². The normalized spacial score (nSPS) is 11.7. The third-order valence-corrected chi connectivity index (χ3v) is 11.9. The maximum atomic E-state index is 6.62. The first-order chi connectivity index (χ1) is 29.3. The first-order valence-electron chi connectivity index (χ1n) is 20.2. The topological polar surface area (TPSA) is 21.3 Å². The lowest BCUT2D eigenvalue weighted by Crippen LogP contribution is -2.14. The van der Waals surface area contributed by atoms with E-state index in [4.69, 9.17) is 4.42 Å². The minimum atomic E-state index is 0.873. The van der Waals surface area contributed by atoms with Crippen molar-refractivity contribution in [2.45, 2.75) is 0 Å². The standard InChI is InChI=1S/C56H36N2O/c1-2-16-38-33-42(32-31-37(38)15-1)39-19-13-20-43(34-39)57(52-28-11-12-29-53(52)58-50-26-9-5-21-44(50)45-22-6-10-27-51(45)58)49-25-8-7-23-46(49)47-24-14-30-54-56(47)48-35-40-17-3-4-18-41(40)36-55(48)59-54/h1-36H. The zero-order valence-corrected chi connectivity index (χ0v) is 32.1. The van der Waals surface area contributed by atoms with Gasteiger partial charge in [-0.15, -0.1) is 0 Å². The van der Waals surface area contributed by atoms with Crippen molar-refractivity contribution in [3.63, 3.8) is 0 Å². The van der Waals surface area contributed by atoms with Crippen LogP contribution in [-0.4, -0.2) is 4.57 Å². The minimum absolute atomic E-state index is 0.873. The second kappa shape index (κ2) is 13.4. The Labute approximate surface area is 341 Å². The molecule has 12 aromatic rings. The van der Waals surface area contributed by atoms with Gasteiger partial charge in [-0.1, -0.05) is 152 Å². The molecule has 0 N–H and O–H groups in total. The number of nitrogens with zero attached hydrogens (tertiary/aromatic N) is 2. The van der Waals surface area contributed by atoms with Gasteiger partial charge in [0.25, 0.3) is 0 Å². The van der Waals surface area contributed by atoms with Crippen molar-refractivity contribution in [2.24, 2.45) is 0 Å². The Morgan fingerprint density at radius 1 is 0.356 bits per heavy atom. The summed E-state index contributed by atoms with van der Waals surface area (Å²) in [7, 11) is 0. The number of hydrogen-bond acceptors (Lipinski definition) is 2. The number of furan rings is 1. The van der Waals surface area contributed by atoms with Crippen LogP contribution in [0.5, 0.6) is 0 Å². The van der Waals surface area contributed by atoms with Crippen LogP contribution in [0.15, 0.2) is 223 Å². The summed E-state index contributed by atoms with van der Waals surface area (Å²) in [6, 6.07) is 78.9. The van der Waals surface area contributed by atoms with E-state index in [2.05, 4.69) is 228 Å². The average molecular weight is 753 g/mol. The molecule has 0 aliphatic rings. The molecule has 0 amide bonds. The summed E-state index contributed by atoms with van der Waals surface area (Å²) in [4.78, 5) is 2.45. The van der Waals surface area contributed by atoms with E-state index >= 15 is 0 Å². The van der Waals surface area contributed by atoms with Crippen molar-refractivity contribution in [1.29, 1.82) is 0 Å². The zero-order chi connectivity index (χ0) is 38.9. The summed E-state index contributed by atoms with van der Waals surface area (Å²) < 4.78 is 9.05. The van der Waals surface area contributed by atoms with Crippen LogP contribution >= 0.6 is 0 Å². The molecular weight excluding hydrogens is 717 g/mol. The number of benzene rings is 10. The minimum Gasteiger partial charge on any atom is -0.456 e. The Hall–Kier alpha value is -7.88. The summed E-state index contributed by atoms with van der Waals surface area (Å²) in [5.74, 6) is 0. The second-order valence-corrected chi connectivity index (χ2v) is 15.3. The molecular formula is C56H36N2O. The maximum absolute atomic E-state index is 6.62. The summed E-state index contributed by atoms with van der Waals surface area (Å²) >= 11 is 0. The van der Waals surface area contributed by atoms with Crippen LogP contribution in [0.25, 0.3) is 93.2 Å². The van der Waals surface area contributed by atoms with Crippen LogP contribution < -0.4 is 4.90 Å². The highest BCUT2D eigenvalue weighted by molar-refractivity contribution is 6.17. The molecule has 276 valence electrons. The fourth-order valence-corrected chi connectivity index (χ4v) is 9.26. The van der Waals surface area contributed by atoms with Crippen molar-refractivity contribution >= 4 is 82.4 Å². The van der Waals surface area contributed by atoms with Gasteiger partial charge in [0, 0.05) is 32.8 Å². The molecule has 0 aliphatic carbocycles. The Bertz CT molecular complexity index is 3540. The lowest BCUT2D eigenvalue weighted by atomic mass is 9.95. The van der Waals surface area contributed by atoms with E-state index in [-0.39, 0.29) is 0 Å². The highest BCUT2D eigenvalue weighted by atomic mass is 16.3. The molecule has 0 atom stereocenters. The fourth-order valence-electron chi connectivity index (χ4n) is 9.26. The van der Waals surface area contributed by atoms with Gasteiger partial charge in [-0.2, -0.15) is 0 Å². The van der Waals surface area contributed by atoms with Crippen LogP contribution in [0.2, 0.25) is 0 Å². The van der Waals surface area contributed by atoms with E-state index in [1.807, 2.05) is 0 Å². The smallest absolute Gasteiger partial charge is 0.136 e. The molecule has 3 heteroatoms. The third-order valence-electron chi connectivity index (χ3n) is 11.9. The SMILES string of the molecule is c1cc(-c2ccc3ccccc3c2)cc(N(c2ccccc2-c2cccc3oc4cc5ccccc5cc4c23)c2ccccc2-n2c3ccccc3c3ccccc32)c1. The lowest BCUT2D eigenvalue weighted by Gasteiger charge is -2.30. The number of aromatic nitrogens is 1. The third kappa shape index (κ3) is 5.36. The van der Waals surface area contributed by atoms with Crippen molar-refractivity contribution in [2.75, 3.05) is 4.90 Å². The summed E-state index contributed by atoms with van der Waals surface area (Å²) in [6.45, 7) is 0. The summed E-state index contributed by atoms with van der Waals surface area (Å²) in [5, 5.41) is 9.50. The fraction of sp³-hybridized carbons (Fsp3) is 0. The molecule has 12 rings (SSSR count). The van der Waals surface area contributed by atoms with Crippen molar-refractivity contribution in [1.82, 2.24) is 4.57 Å². The molecule has 0 saturated heterocycles. The molecule has 0 saturated carbocycles. The Morgan fingerprint density at radius 3 is 1.75 bits per heavy atom. The molecule has 0 aliphatic heterocycles. The molecule has 0 fully saturated rings. The molecule has 3 nitrogen and oxygen atoms in total. The van der Waals surface area contributed by atoms with Crippen LogP contribution in [-0.2, 0) is 0 Å². The molecule has 2 aromatic heterocycles. The van der Waals surface area contributed by atoms with E-state index in [1.54, 1.807) is 0 Å². The summed E-state index contributed by atoms with van der Waals surface area (Å²) in [5.41, 5.74) is 13.0. The van der Waals surface area contributed by atoms with E-state index < -0.39 is 0 Å². The van der Waals surface area contributed by atoms with Crippen molar-refractivity contribution in [3.8, 4) is 27.9 Å². The average Bonchev–Trinajstić information content (AvgIpc) is 3.84. The van der Waals surface area contributed by atoms with E-state index in [1.165, 1.54) is 48.9 Å². The number of rotatable bonds is 6. The quantitative estimate of drug-likeness (QED) is 0.169. The largest absolute Gasteiger partial charge is 0.456 e. The zero-order valence-electron chi connectivity index (χ0n) is 32.1. The van der Waals surface area contributed by atoms with E-state index in [0.29, 0.717) is 0 Å². The maximum Gasteiger partial charge on any atom is 0.136 e. The van der Waals surface area contributed by atoms with Gasteiger partial charge in [-0.25, -0.2) is 0 Å². The molecule has 0 unspecified atom stereocenters. The molecule has 0 bridgehead atoms. The first kappa shape index (κ1) is 33.3. The lowest BCUT2D eigenvalue weighted by molar-refractivity contribution is 0.669. The highest BCUT2D eigenvalue weighted by Gasteiger charge is 2.24. The Morgan fingerprint density at radius 2 is 0.949 bits per heavy atom. The number of para-hydroxylation sites is 5. The van der Waals surface area contributed by atoms with Crippen LogP contribution in [0.1, 0.15) is 0 Å². The molecule has 0 radical (unpaired) electrons. The molecule has 59 heavy (non-hydrogen) atoms. The monoisotopic (exact) mass is 752 g/mol. The first-order valence-corrected chi connectivity index (χ1v) is 20.2. The van der Waals surface area contributed by atoms with Gasteiger partial charge in [0.05, 0.1) is 28.1 Å². The van der Waals surface area contributed by atoms with E-state index in [9.17, 15) is 0 Å². The van der Waals surface area contributed by atoms with Gasteiger partial charge >= 0.3 is 0 Å². The predicted molar refractivity (Wildman–Crippen MR) is 249 cm³/mol. The molecule has 10 aromatic carbocycles. The Balaban J connectivity index is 1.14. The number of fused-ring (bicyclic) bond motifs is 8. The van der Waals surface area contributed by atoms with Gasteiger partial charge in [-0.3, -0.25) is 0 Å².